The molecule has 16 heteroatoms. The highest BCUT2D eigenvalue weighted by molar-refractivity contribution is 7.92. The highest BCUT2D eigenvalue weighted by atomic mass is 32.2. The first-order valence-electron chi connectivity index (χ1n) is 16.2. The van der Waals surface area contributed by atoms with Crippen molar-refractivity contribution in [2.24, 2.45) is 0 Å². The van der Waals surface area contributed by atoms with Crippen LogP contribution in [0.1, 0.15) is 57.5 Å². The van der Waals surface area contributed by atoms with E-state index in [2.05, 4.69) is 15.3 Å². The van der Waals surface area contributed by atoms with E-state index < -0.39 is 61.5 Å². The summed E-state index contributed by atoms with van der Waals surface area (Å²) in [6, 6.07) is 24.4. The Morgan fingerprint density at radius 3 is 1.59 bits per heavy atom. The Morgan fingerprint density at radius 2 is 1.17 bits per heavy atom. The maximum absolute atomic E-state index is 14.7. The van der Waals surface area contributed by atoms with Gasteiger partial charge in [-0.2, -0.15) is 13.2 Å². The molecular formula is C38H29F3N4O8S. The number of alkyl halides is 3. The number of rotatable bonds is 10. The van der Waals surface area contributed by atoms with Gasteiger partial charge in [-0.1, -0.05) is 50.2 Å². The van der Waals surface area contributed by atoms with Gasteiger partial charge in [0.2, 0.25) is 11.8 Å². The Kier molecular flexibility index (Phi) is 10.1. The molecule has 3 amide bonds. The van der Waals surface area contributed by atoms with E-state index in [9.17, 15) is 40.8 Å². The van der Waals surface area contributed by atoms with Crippen molar-refractivity contribution >= 4 is 39.4 Å². The van der Waals surface area contributed by atoms with Crippen molar-refractivity contribution in [2.45, 2.75) is 41.6 Å². The second kappa shape index (κ2) is 14.5. The first kappa shape index (κ1) is 37.3. The summed E-state index contributed by atoms with van der Waals surface area (Å²) >= 11 is 0. The summed E-state index contributed by atoms with van der Waals surface area (Å²) in [5.74, 6) is -4.32. The number of benzene rings is 3. The fraction of sp³-hybridized carbons (Fsp3) is 0.158. The van der Waals surface area contributed by atoms with Crippen LogP contribution in [-0.4, -0.2) is 53.3 Å². The van der Waals surface area contributed by atoms with Crippen molar-refractivity contribution < 1.29 is 50.2 Å². The van der Waals surface area contributed by atoms with Crippen molar-refractivity contribution in [1.29, 1.82) is 0 Å². The maximum atomic E-state index is 14.7. The van der Waals surface area contributed by atoms with Crippen LogP contribution in [0.4, 0.5) is 23.7 Å². The molecule has 1 aliphatic heterocycles. The second-order valence-corrected chi connectivity index (χ2v) is 14.1. The summed E-state index contributed by atoms with van der Waals surface area (Å²) in [4.78, 5) is 62.1. The number of urea groups is 1. The molecule has 0 saturated carbocycles. The lowest BCUT2D eigenvalue weighted by atomic mass is 9.70. The number of halogens is 3. The predicted octanol–water partition coefficient (Wildman–Crippen LogP) is 6.61. The minimum atomic E-state index is -5.71. The number of carbonyl (C=O) groups excluding carboxylic acids is 4. The molecule has 1 aliphatic rings. The van der Waals surface area contributed by atoms with Crippen molar-refractivity contribution in [2.75, 3.05) is 4.90 Å². The number of ether oxygens (including phenoxy) is 2. The van der Waals surface area contributed by atoms with Gasteiger partial charge < -0.3 is 14.8 Å². The summed E-state index contributed by atoms with van der Waals surface area (Å²) in [7, 11) is -5.71. The zero-order chi connectivity index (χ0) is 38.8. The predicted molar refractivity (Wildman–Crippen MR) is 187 cm³/mol. The number of hydrogen-bond acceptors (Lipinski definition) is 10. The Hall–Kier alpha value is -6.42. The van der Waals surface area contributed by atoms with Gasteiger partial charge in [0.1, 0.15) is 5.54 Å². The highest BCUT2D eigenvalue weighted by Gasteiger charge is 2.59. The van der Waals surface area contributed by atoms with Crippen molar-refractivity contribution in [3.63, 3.8) is 0 Å². The SMILES string of the molecule is CC(c1ccnc(OC(=O)c2ccccc2)c1)C1(C(C)c2ccnc(OC(=O)c3ccccc3)c2)NC(=O)N(c2ccc(S(=O)(=O)C(F)(F)F)cc2)C1=O. The third-order valence-corrected chi connectivity index (χ3v) is 10.6. The lowest BCUT2D eigenvalue weighted by molar-refractivity contribution is -0.123. The van der Waals surface area contributed by atoms with E-state index in [0.717, 1.165) is 12.1 Å². The molecule has 0 aliphatic carbocycles. The number of nitrogens with zero attached hydrogens (tertiary/aromatic N) is 3. The molecule has 54 heavy (non-hydrogen) atoms. The number of nitrogens with one attached hydrogen (secondary N) is 1. The normalized spacial score (nSPS) is 17.0. The van der Waals surface area contributed by atoms with E-state index in [1.807, 2.05) is 0 Å². The number of aromatic nitrogens is 2. The van der Waals surface area contributed by atoms with E-state index in [1.54, 1.807) is 86.6 Å². The zero-order valence-electron chi connectivity index (χ0n) is 28.4. The van der Waals surface area contributed by atoms with Gasteiger partial charge in [-0.25, -0.2) is 37.7 Å². The Morgan fingerprint density at radius 1 is 0.722 bits per heavy atom. The van der Waals surface area contributed by atoms with Crippen LogP contribution < -0.4 is 19.7 Å². The molecular weight excluding hydrogens is 729 g/mol. The van der Waals surface area contributed by atoms with Crippen LogP contribution in [-0.2, 0) is 14.6 Å². The van der Waals surface area contributed by atoms with Crippen molar-refractivity contribution in [3.05, 3.63) is 144 Å². The number of pyridine rings is 2. The van der Waals surface area contributed by atoms with Gasteiger partial charge in [0.05, 0.1) is 21.7 Å². The largest absolute Gasteiger partial charge is 0.501 e. The first-order valence-corrected chi connectivity index (χ1v) is 17.7. The zero-order valence-corrected chi connectivity index (χ0v) is 29.2. The first-order chi connectivity index (χ1) is 25.6. The fourth-order valence-electron chi connectivity index (χ4n) is 6.15. The van der Waals surface area contributed by atoms with Crippen LogP contribution >= 0.6 is 0 Å². The number of imide groups is 1. The quantitative estimate of drug-likeness (QED) is 0.121. The molecule has 3 aromatic carbocycles. The molecule has 0 radical (unpaired) electrons. The third kappa shape index (κ3) is 7.02. The van der Waals surface area contributed by atoms with Gasteiger partial charge in [0.25, 0.3) is 15.7 Å². The minimum absolute atomic E-state index is 0.106. The minimum Gasteiger partial charge on any atom is -0.404 e. The van der Waals surface area contributed by atoms with Gasteiger partial charge >= 0.3 is 23.5 Å². The number of sulfone groups is 1. The van der Waals surface area contributed by atoms with Crippen molar-refractivity contribution in [1.82, 2.24) is 15.3 Å². The number of amides is 3. The molecule has 0 spiro atoms. The lowest BCUT2D eigenvalue weighted by Crippen LogP contribution is -2.55. The van der Waals surface area contributed by atoms with E-state index in [0.29, 0.717) is 28.2 Å². The molecule has 6 rings (SSSR count). The summed E-state index contributed by atoms with van der Waals surface area (Å²) in [5.41, 5.74) is -6.36. The molecule has 1 saturated heterocycles. The Labute approximate surface area is 306 Å². The summed E-state index contributed by atoms with van der Waals surface area (Å²) in [5, 5.41) is 2.79. The number of hydrogen-bond donors (Lipinski definition) is 1. The van der Waals surface area contributed by atoms with Gasteiger partial charge in [-0.05, 0) is 71.8 Å². The molecule has 276 valence electrons. The molecule has 1 N–H and O–H groups in total. The van der Waals surface area contributed by atoms with Gasteiger partial charge in [-0.3, -0.25) is 4.79 Å². The molecule has 2 aromatic heterocycles. The standard InChI is InChI=1S/C38H29F3N4O8S/c1-23(27-17-19-42-31(21-27)52-33(46)25-9-5-3-6-10-25)37(24(2)28-18-20-43-32(22-28)53-34(47)26-11-7-4-8-12-26)35(48)45(36(49)44-37)29-13-15-30(16-14-29)54(50,51)38(39,40)41/h3-24H,1-2H3,(H,44,49). The van der Waals surface area contributed by atoms with Crippen LogP contribution in [0.3, 0.4) is 0 Å². The summed E-state index contributed by atoms with van der Waals surface area (Å²) < 4.78 is 74.7. The monoisotopic (exact) mass is 758 g/mol. The second-order valence-electron chi connectivity index (χ2n) is 12.2. The Balaban J connectivity index is 1.39. The number of anilines is 1. The van der Waals surface area contributed by atoms with Crippen LogP contribution in [0, 0.1) is 0 Å². The van der Waals surface area contributed by atoms with E-state index >= 15 is 0 Å². The molecule has 5 aromatic rings. The van der Waals surface area contributed by atoms with Crippen LogP contribution in [0.25, 0.3) is 0 Å². The smallest absolute Gasteiger partial charge is 0.404 e. The average Bonchev–Trinajstić information content (AvgIpc) is 3.44. The molecule has 12 nitrogen and oxygen atoms in total. The fourth-order valence-corrected chi connectivity index (χ4v) is 6.91. The highest BCUT2D eigenvalue weighted by Crippen LogP contribution is 2.45. The average molecular weight is 759 g/mol. The van der Waals surface area contributed by atoms with Crippen LogP contribution in [0.2, 0.25) is 0 Å². The molecule has 2 unspecified atom stereocenters. The topological polar surface area (TPSA) is 162 Å². The van der Waals surface area contributed by atoms with Crippen molar-refractivity contribution in [3.8, 4) is 11.8 Å². The summed E-state index contributed by atoms with van der Waals surface area (Å²) in [6.45, 7) is 3.26. The third-order valence-electron chi connectivity index (χ3n) is 9.08. The number of esters is 2. The van der Waals surface area contributed by atoms with E-state index in [4.69, 9.17) is 9.47 Å². The Bertz CT molecular complexity index is 2240. The lowest BCUT2D eigenvalue weighted by Gasteiger charge is -2.38. The van der Waals surface area contributed by atoms with E-state index in [1.165, 1.54) is 24.5 Å². The number of carbonyl (C=O) groups is 4. The van der Waals surface area contributed by atoms with Crippen LogP contribution in [0.5, 0.6) is 11.8 Å². The molecule has 3 heterocycles. The van der Waals surface area contributed by atoms with E-state index in [-0.39, 0.29) is 28.6 Å². The van der Waals surface area contributed by atoms with Gasteiger partial charge in [0, 0.05) is 36.4 Å². The van der Waals surface area contributed by atoms with Crippen LogP contribution in [0.15, 0.2) is 126 Å². The van der Waals surface area contributed by atoms with Gasteiger partial charge in [-0.15, -0.1) is 0 Å². The van der Waals surface area contributed by atoms with Gasteiger partial charge in [0.15, 0.2) is 0 Å². The molecule has 0 bridgehead atoms. The molecule has 2 atom stereocenters. The summed E-state index contributed by atoms with van der Waals surface area (Å²) in [6.07, 6.45) is 2.70. The maximum Gasteiger partial charge on any atom is 0.501 e. The molecule has 1 fully saturated rings.